The molecule has 122 valence electrons. The van der Waals surface area contributed by atoms with Crippen LogP contribution in [0.15, 0.2) is 0 Å². The van der Waals surface area contributed by atoms with E-state index in [1.54, 1.807) is 0 Å². The fourth-order valence-corrected chi connectivity index (χ4v) is 5.27. The number of halogens is 2. The molecule has 1 unspecified atom stereocenters. The maximum Gasteiger partial charge on any atom is 0.418 e. The average Bonchev–Trinajstić information content (AvgIpc) is 2.32. The van der Waals surface area contributed by atoms with Crippen LogP contribution < -0.4 is 0 Å². The van der Waals surface area contributed by atoms with Crippen LogP contribution in [0.3, 0.4) is 0 Å². The molecule has 0 aromatic rings. The van der Waals surface area contributed by atoms with Gasteiger partial charge in [0.05, 0.1) is 6.61 Å². The van der Waals surface area contributed by atoms with Crippen molar-refractivity contribution in [2.45, 2.75) is 50.1 Å². The van der Waals surface area contributed by atoms with Crippen molar-refractivity contribution >= 4 is 10.1 Å². The van der Waals surface area contributed by atoms with Crippen LogP contribution in [0.2, 0.25) is 0 Å². The van der Waals surface area contributed by atoms with Gasteiger partial charge in [-0.1, -0.05) is 0 Å². The van der Waals surface area contributed by atoms with E-state index in [1.165, 1.54) is 19.3 Å². The zero-order valence-electron chi connectivity index (χ0n) is 11.5. The van der Waals surface area contributed by atoms with E-state index in [0.717, 1.165) is 19.3 Å². The SMILES string of the molecule is O=S(=O)(O)C(F)(F)C(O)OCC12CC3CC(CC(C3)C1)C2. The van der Waals surface area contributed by atoms with Gasteiger partial charge in [-0.05, 0) is 61.7 Å². The Kier molecular flexibility index (Phi) is 3.59. The van der Waals surface area contributed by atoms with E-state index in [1.807, 2.05) is 0 Å². The van der Waals surface area contributed by atoms with Gasteiger partial charge in [-0.15, -0.1) is 0 Å². The van der Waals surface area contributed by atoms with Gasteiger partial charge in [0, 0.05) is 0 Å². The molecule has 1 atom stereocenters. The van der Waals surface area contributed by atoms with Crippen LogP contribution >= 0.6 is 0 Å². The predicted octanol–water partition coefficient (Wildman–Crippen LogP) is 2.02. The highest BCUT2D eigenvalue weighted by molar-refractivity contribution is 7.86. The normalized spacial score (nSPS) is 40.5. The molecule has 0 aliphatic heterocycles. The number of rotatable bonds is 5. The van der Waals surface area contributed by atoms with Crippen molar-refractivity contribution < 1.29 is 31.6 Å². The van der Waals surface area contributed by atoms with E-state index in [2.05, 4.69) is 0 Å². The molecule has 0 spiro atoms. The lowest BCUT2D eigenvalue weighted by molar-refractivity contribution is -0.224. The minimum Gasteiger partial charge on any atom is -0.362 e. The molecule has 4 fully saturated rings. The maximum absolute atomic E-state index is 13.3. The first-order valence-electron chi connectivity index (χ1n) is 7.26. The second-order valence-electron chi connectivity index (χ2n) is 7.12. The van der Waals surface area contributed by atoms with Crippen LogP contribution in [0.4, 0.5) is 8.78 Å². The van der Waals surface area contributed by atoms with E-state index in [-0.39, 0.29) is 12.0 Å². The first-order chi connectivity index (χ1) is 9.61. The van der Waals surface area contributed by atoms with E-state index >= 15 is 0 Å². The highest BCUT2D eigenvalue weighted by Gasteiger charge is 2.55. The van der Waals surface area contributed by atoms with E-state index < -0.39 is 21.7 Å². The largest absolute Gasteiger partial charge is 0.418 e. The summed E-state index contributed by atoms with van der Waals surface area (Å²) < 4.78 is 60.9. The first kappa shape index (κ1) is 15.6. The second-order valence-corrected chi connectivity index (χ2v) is 8.61. The van der Waals surface area contributed by atoms with Crippen LogP contribution in [0.5, 0.6) is 0 Å². The number of ether oxygens (including phenoxy) is 1. The lowest BCUT2D eigenvalue weighted by Gasteiger charge is -2.56. The molecule has 4 saturated carbocycles. The molecule has 4 aliphatic rings. The fraction of sp³-hybridized carbons (Fsp3) is 1.00. The van der Waals surface area contributed by atoms with Gasteiger partial charge in [-0.2, -0.15) is 17.2 Å². The zero-order valence-corrected chi connectivity index (χ0v) is 12.4. The van der Waals surface area contributed by atoms with Gasteiger partial charge in [0.15, 0.2) is 0 Å². The molecule has 0 aromatic carbocycles. The number of hydrogen-bond acceptors (Lipinski definition) is 4. The zero-order chi connectivity index (χ0) is 15.5. The highest BCUT2D eigenvalue weighted by Crippen LogP contribution is 2.60. The Morgan fingerprint density at radius 1 is 1.14 bits per heavy atom. The predicted molar refractivity (Wildman–Crippen MR) is 69.1 cm³/mol. The monoisotopic (exact) mass is 326 g/mol. The van der Waals surface area contributed by atoms with Gasteiger partial charge in [0.25, 0.3) is 0 Å². The van der Waals surface area contributed by atoms with Gasteiger partial charge in [-0.3, -0.25) is 4.55 Å². The van der Waals surface area contributed by atoms with Gasteiger partial charge >= 0.3 is 15.4 Å². The van der Waals surface area contributed by atoms with Crippen LogP contribution in [-0.2, 0) is 14.9 Å². The maximum atomic E-state index is 13.3. The third kappa shape index (κ3) is 2.71. The Bertz CT molecular complexity index is 483. The molecule has 4 bridgehead atoms. The molecule has 0 heterocycles. The Balaban J connectivity index is 1.65. The summed E-state index contributed by atoms with van der Waals surface area (Å²) >= 11 is 0. The van der Waals surface area contributed by atoms with Crippen LogP contribution in [0.1, 0.15) is 38.5 Å². The molecule has 0 radical (unpaired) electrons. The van der Waals surface area contributed by atoms with E-state index in [9.17, 15) is 22.3 Å². The molecule has 8 heteroatoms. The summed E-state index contributed by atoms with van der Waals surface area (Å²) in [5, 5.41) is 4.60. The summed E-state index contributed by atoms with van der Waals surface area (Å²) in [4.78, 5) is 0. The summed E-state index contributed by atoms with van der Waals surface area (Å²) in [6.07, 6.45) is 3.39. The van der Waals surface area contributed by atoms with Crippen molar-refractivity contribution in [3.8, 4) is 0 Å². The van der Waals surface area contributed by atoms with Crippen molar-refractivity contribution in [1.29, 1.82) is 0 Å². The standard InChI is InChI=1S/C13H20F2O5S/c14-13(15,21(17,18)19)11(16)20-7-12-4-8-1-9(5-12)3-10(2-8)6-12/h8-11,16H,1-7H2,(H,17,18,19). The van der Waals surface area contributed by atoms with Crippen molar-refractivity contribution in [3.05, 3.63) is 0 Å². The van der Waals surface area contributed by atoms with Crippen molar-refractivity contribution in [2.24, 2.45) is 23.2 Å². The van der Waals surface area contributed by atoms with Crippen LogP contribution in [0, 0.1) is 23.2 Å². The Hall–Kier alpha value is -0.310. The van der Waals surface area contributed by atoms with Crippen molar-refractivity contribution in [1.82, 2.24) is 0 Å². The first-order valence-corrected chi connectivity index (χ1v) is 8.70. The molecule has 5 nitrogen and oxygen atoms in total. The fourth-order valence-electron chi connectivity index (χ4n) is 4.95. The molecular formula is C13H20F2O5S. The second kappa shape index (κ2) is 4.84. The molecular weight excluding hydrogens is 306 g/mol. The molecule has 4 rings (SSSR count). The lowest BCUT2D eigenvalue weighted by atomic mass is 9.50. The third-order valence-electron chi connectivity index (χ3n) is 5.34. The molecule has 4 aliphatic carbocycles. The summed E-state index contributed by atoms with van der Waals surface area (Å²) in [6.45, 7) is -0.0806. The number of aliphatic hydroxyl groups is 1. The number of alkyl halides is 2. The number of hydrogen-bond donors (Lipinski definition) is 2. The van der Waals surface area contributed by atoms with E-state index in [0.29, 0.717) is 17.8 Å². The molecule has 2 N–H and O–H groups in total. The molecule has 21 heavy (non-hydrogen) atoms. The third-order valence-corrected chi connectivity index (χ3v) is 6.23. The number of aliphatic hydroxyl groups excluding tert-OH is 1. The molecule has 0 saturated heterocycles. The minimum atomic E-state index is -5.69. The van der Waals surface area contributed by atoms with Gasteiger partial charge in [-0.25, -0.2) is 0 Å². The smallest absolute Gasteiger partial charge is 0.362 e. The van der Waals surface area contributed by atoms with Crippen molar-refractivity contribution in [2.75, 3.05) is 6.61 Å². The Morgan fingerprint density at radius 3 is 1.95 bits per heavy atom. The summed E-state index contributed by atoms with van der Waals surface area (Å²) in [6, 6.07) is 0. The lowest BCUT2D eigenvalue weighted by Crippen LogP contribution is -2.50. The average molecular weight is 326 g/mol. The van der Waals surface area contributed by atoms with Gasteiger partial charge < -0.3 is 9.84 Å². The quantitative estimate of drug-likeness (QED) is 0.596. The summed E-state index contributed by atoms with van der Waals surface area (Å²) in [5.41, 5.74) is -0.217. The van der Waals surface area contributed by atoms with Gasteiger partial charge in [0.2, 0.25) is 6.29 Å². The highest BCUT2D eigenvalue weighted by atomic mass is 32.2. The Labute approximate surface area is 122 Å². The molecule has 0 aromatic heterocycles. The summed E-state index contributed by atoms with van der Waals surface area (Å²) in [7, 11) is -5.69. The van der Waals surface area contributed by atoms with E-state index in [4.69, 9.17) is 9.29 Å². The van der Waals surface area contributed by atoms with Crippen LogP contribution in [0.25, 0.3) is 0 Å². The summed E-state index contributed by atoms with van der Waals surface area (Å²) in [5.74, 6) is 1.79. The minimum absolute atomic E-state index is 0.0806. The Morgan fingerprint density at radius 2 is 1.57 bits per heavy atom. The van der Waals surface area contributed by atoms with Gasteiger partial charge in [0.1, 0.15) is 0 Å². The van der Waals surface area contributed by atoms with Crippen molar-refractivity contribution in [3.63, 3.8) is 0 Å². The van der Waals surface area contributed by atoms with Crippen LogP contribution in [-0.4, -0.2) is 36.2 Å². The topological polar surface area (TPSA) is 83.8 Å². The molecule has 0 amide bonds.